The average molecular weight is 390 g/mol. The summed E-state index contributed by atoms with van der Waals surface area (Å²) in [6, 6.07) is 8.58. The number of carbonyl (C=O) groups excluding carboxylic acids is 1. The topological polar surface area (TPSA) is 91.6 Å². The molecule has 1 aliphatic rings. The van der Waals surface area contributed by atoms with E-state index >= 15 is 0 Å². The van der Waals surface area contributed by atoms with Crippen molar-refractivity contribution in [3.63, 3.8) is 0 Å². The number of amides is 1. The van der Waals surface area contributed by atoms with Crippen LogP contribution in [0.25, 0.3) is 0 Å². The number of benzene rings is 1. The molecule has 1 amide bonds. The summed E-state index contributed by atoms with van der Waals surface area (Å²) >= 11 is 5.84. The van der Waals surface area contributed by atoms with Crippen molar-refractivity contribution >= 4 is 34.7 Å². The number of anilines is 2. The van der Waals surface area contributed by atoms with Gasteiger partial charge in [0.2, 0.25) is 11.7 Å². The average Bonchev–Trinajstić information content (AvgIpc) is 2.64. The van der Waals surface area contributed by atoms with Gasteiger partial charge in [0.1, 0.15) is 0 Å². The summed E-state index contributed by atoms with van der Waals surface area (Å²) in [6.07, 6.45) is 1.59. The fourth-order valence-corrected chi connectivity index (χ4v) is 3.17. The molecular weight excluding hydrogens is 370 g/mol. The molecule has 0 saturated carbocycles. The van der Waals surface area contributed by atoms with Crippen molar-refractivity contribution in [2.45, 2.75) is 6.92 Å². The summed E-state index contributed by atoms with van der Waals surface area (Å²) in [5, 5.41) is 14.8. The minimum atomic E-state index is -0.385. The molecule has 1 fully saturated rings. The number of aryl methyl sites for hydroxylation is 1. The van der Waals surface area contributed by atoms with E-state index in [2.05, 4.69) is 10.3 Å². The van der Waals surface area contributed by atoms with E-state index < -0.39 is 0 Å². The fraction of sp³-hybridized carbons (Fsp3) is 0.333. The Morgan fingerprint density at radius 1 is 1.22 bits per heavy atom. The van der Waals surface area contributed by atoms with Gasteiger partial charge in [0, 0.05) is 48.6 Å². The maximum absolute atomic E-state index is 12.2. The number of nitrogens with one attached hydrogen (secondary N) is 1. The number of piperazine rings is 1. The van der Waals surface area contributed by atoms with Gasteiger partial charge in [-0.15, -0.1) is 0 Å². The van der Waals surface area contributed by atoms with Gasteiger partial charge < -0.3 is 10.2 Å². The van der Waals surface area contributed by atoms with Crippen molar-refractivity contribution in [1.82, 2.24) is 9.88 Å². The molecule has 27 heavy (non-hydrogen) atoms. The zero-order chi connectivity index (χ0) is 19.4. The maximum atomic E-state index is 12.2. The predicted molar refractivity (Wildman–Crippen MR) is 104 cm³/mol. The second-order valence-electron chi connectivity index (χ2n) is 6.38. The first-order chi connectivity index (χ1) is 12.9. The third kappa shape index (κ3) is 4.72. The van der Waals surface area contributed by atoms with Gasteiger partial charge in [0.05, 0.1) is 11.5 Å². The van der Waals surface area contributed by atoms with Gasteiger partial charge in [-0.25, -0.2) is 4.98 Å². The highest BCUT2D eigenvalue weighted by atomic mass is 35.5. The van der Waals surface area contributed by atoms with E-state index in [0.717, 1.165) is 0 Å². The SMILES string of the molecule is Cc1ccnc(N2CCN(CC(=O)Nc3ccc(Cl)cc3)CC2)c1[N+](=O)[O-]. The van der Waals surface area contributed by atoms with E-state index in [9.17, 15) is 14.9 Å². The third-order valence-electron chi connectivity index (χ3n) is 4.46. The molecule has 8 nitrogen and oxygen atoms in total. The van der Waals surface area contributed by atoms with Crippen molar-refractivity contribution in [3.05, 3.63) is 57.2 Å². The Balaban J connectivity index is 1.56. The number of nitrogens with zero attached hydrogens (tertiary/aromatic N) is 4. The Morgan fingerprint density at radius 2 is 1.89 bits per heavy atom. The number of hydrogen-bond acceptors (Lipinski definition) is 6. The lowest BCUT2D eigenvalue weighted by molar-refractivity contribution is -0.384. The molecule has 0 atom stereocenters. The van der Waals surface area contributed by atoms with Crippen LogP contribution in [0, 0.1) is 17.0 Å². The van der Waals surface area contributed by atoms with Crippen molar-refractivity contribution in [2.75, 3.05) is 42.9 Å². The Hall–Kier alpha value is -2.71. The third-order valence-corrected chi connectivity index (χ3v) is 4.71. The Bertz CT molecular complexity index is 835. The van der Waals surface area contributed by atoms with Gasteiger partial charge in [0.15, 0.2) is 0 Å². The molecule has 0 spiro atoms. The van der Waals surface area contributed by atoms with Crippen molar-refractivity contribution in [3.8, 4) is 0 Å². The molecule has 1 aliphatic heterocycles. The molecule has 0 aliphatic carbocycles. The van der Waals surface area contributed by atoms with E-state index in [0.29, 0.717) is 48.3 Å². The lowest BCUT2D eigenvalue weighted by Gasteiger charge is -2.34. The molecule has 1 saturated heterocycles. The van der Waals surface area contributed by atoms with Gasteiger partial charge in [-0.1, -0.05) is 11.6 Å². The highest BCUT2D eigenvalue weighted by Gasteiger charge is 2.27. The van der Waals surface area contributed by atoms with E-state index in [-0.39, 0.29) is 23.1 Å². The van der Waals surface area contributed by atoms with Crippen LogP contribution in [-0.4, -0.2) is 53.4 Å². The summed E-state index contributed by atoms with van der Waals surface area (Å²) in [7, 11) is 0. The highest BCUT2D eigenvalue weighted by molar-refractivity contribution is 6.30. The van der Waals surface area contributed by atoms with Crippen LogP contribution in [0.15, 0.2) is 36.5 Å². The standard InChI is InChI=1S/C18H20ClN5O3/c1-13-6-7-20-18(17(13)24(26)27)23-10-8-22(9-11-23)12-16(25)21-15-4-2-14(19)3-5-15/h2-7H,8-12H2,1H3,(H,21,25). The first-order valence-electron chi connectivity index (χ1n) is 8.57. The van der Waals surface area contributed by atoms with E-state index in [1.807, 2.05) is 9.80 Å². The van der Waals surface area contributed by atoms with Crippen LogP contribution in [0.4, 0.5) is 17.2 Å². The maximum Gasteiger partial charge on any atom is 0.314 e. The minimum absolute atomic E-state index is 0.0476. The molecule has 2 heterocycles. The van der Waals surface area contributed by atoms with Crippen LogP contribution >= 0.6 is 11.6 Å². The number of hydrogen-bond donors (Lipinski definition) is 1. The number of rotatable bonds is 5. The van der Waals surface area contributed by atoms with Gasteiger partial charge in [0.25, 0.3) is 0 Å². The molecule has 9 heteroatoms. The van der Waals surface area contributed by atoms with Gasteiger partial charge >= 0.3 is 5.69 Å². The summed E-state index contributed by atoms with van der Waals surface area (Å²) in [6.45, 7) is 4.37. The second-order valence-corrected chi connectivity index (χ2v) is 6.81. The van der Waals surface area contributed by atoms with Gasteiger partial charge in [-0.2, -0.15) is 0 Å². The summed E-state index contributed by atoms with van der Waals surface area (Å²) < 4.78 is 0. The Kier molecular flexibility index (Phi) is 5.88. The lowest BCUT2D eigenvalue weighted by atomic mass is 10.2. The Labute approximate surface area is 161 Å². The first kappa shape index (κ1) is 19.1. The van der Waals surface area contributed by atoms with Crippen LogP contribution in [0.5, 0.6) is 0 Å². The molecule has 0 radical (unpaired) electrons. The molecular formula is C18H20ClN5O3. The largest absolute Gasteiger partial charge is 0.348 e. The van der Waals surface area contributed by atoms with Crippen LogP contribution < -0.4 is 10.2 Å². The number of halogens is 1. The second kappa shape index (κ2) is 8.32. The van der Waals surface area contributed by atoms with Crippen LogP contribution in [0.1, 0.15) is 5.56 Å². The molecule has 1 N–H and O–H groups in total. The molecule has 3 rings (SSSR count). The zero-order valence-electron chi connectivity index (χ0n) is 14.9. The van der Waals surface area contributed by atoms with Crippen LogP contribution in [0.3, 0.4) is 0 Å². The van der Waals surface area contributed by atoms with Gasteiger partial charge in [-0.05, 0) is 37.3 Å². The summed E-state index contributed by atoms with van der Waals surface area (Å²) in [4.78, 5) is 31.3. The smallest absolute Gasteiger partial charge is 0.314 e. The molecule has 1 aromatic heterocycles. The van der Waals surface area contributed by atoms with Crippen molar-refractivity contribution < 1.29 is 9.72 Å². The quantitative estimate of drug-likeness (QED) is 0.624. The summed E-state index contributed by atoms with van der Waals surface area (Å²) in [5.74, 6) is 0.288. The van der Waals surface area contributed by atoms with Gasteiger partial charge in [-0.3, -0.25) is 19.8 Å². The highest BCUT2D eigenvalue weighted by Crippen LogP contribution is 2.29. The minimum Gasteiger partial charge on any atom is -0.348 e. The molecule has 0 bridgehead atoms. The van der Waals surface area contributed by atoms with E-state index in [1.165, 1.54) is 0 Å². The van der Waals surface area contributed by atoms with Crippen LogP contribution in [-0.2, 0) is 4.79 Å². The summed E-state index contributed by atoms with van der Waals surface area (Å²) in [5.41, 5.74) is 1.34. The fourth-order valence-electron chi connectivity index (χ4n) is 3.05. The van der Waals surface area contributed by atoms with Crippen molar-refractivity contribution in [2.24, 2.45) is 0 Å². The monoisotopic (exact) mass is 389 g/mol. The molecule has 142 valence electrons. The predicted octanol–water partition coefficient (Wildman–Crippen LogP) is 2.71. The van der Waals surface area contributed by atoms with E-state index in [1.54, 1.807) is 43.5 Å². The number of carbonyl (C=O) groups is 1. The molecule has 0 unspecified atom stereocenters. The number of nitro groups is 1. The molecule has 2 aromatic rings. The van der Waals surface area contributed by atoms with Crippen LogP contribution in [0.2, 0.25) is 5.02 Å². The lowest BCUT2D eigenvalue weighted by Crippen LogP contribution is -2.49. The zero-order valence-corrected chi connectivity index (χ0v) is 15.6. The van der Waals surface area contributed by atoms with Crippen molar-refractivity contribution in [1.29, 1.82) is 0 Å². The Morgan fingerprint density at radius 3 is 2.52 bits per heavy atom. The van der Waals surface area contributed by atoms with E-state index in [4.69, 9.17) is 11.6 Å². The number of aromatic nitrogens is 1. The first-order valence-corrected chi connectivity index (χ1v) is 8.94. The normalized spacial score (nSPS) is 14.8. The number of pyridine rings is 1. The molecule has 1 aromatic carbocycles.